The van der Waals surface area contributed by atoms with E-state index in [2.05, 4.69) is 16.6 Å². The summed E-state index contributed by atoms with van der Waals surface area (Å²) in [7, 11) is 0.997. The molecule has 0 saturated carbocycles. The van der Waals surface area contributed by atoms with Gasteiger partial charge >= 0.3 is 23.2 Å². The first-order valence-electron chi connectivity index (χ1n) is 8.31. The number of alkyl halides is 3. The predicted molar refractivity (Wildman–Crippen MR) is 98.2 cm³/mol. The molecule has 3 rings (SSSR count). The minimum Gasteiger partial charge on any atom is -0.493 e. The fraction of sp³-hybridized carbons (Fsp3) is 0.136. The molecule has 152 valence electrons. The first-order chi connectivity index (χ1) is 13.4. The number of ether oxygens (including phenoxy) is 1. The van der Waals surface area contributed by atoms with Crippen LogP contribution in [0.2, 0.25) is 0 Å². The summed E-state index contributed by atoms with van der Waals surface area (Å²) in [5.74, 6) is 4.59. The smallest absolute Gasteiger partial charge is 0.493 e. The van der Waals surface area contributed by atoms with E-state index in [1.54, 1.807) is 60.7 Å². The van der Waals surface area contributed by atoms with Crippen LogP contribution in [0.25, 0.3) is 6.08 Å². The van der Waals surface area contributed by atoms with Gasteiger partial charge in [-0.3, -0.25) is 4.79 Å². The molecule has 29 heavy (non-hydrogen) atoms. The zero-order valence-electron chi connectivity index (χ0n) is 15.1. The van der Waals surface area contributed by atoms with Crippen molar-refractivity contribution in [1.29, 1.82) is 0 Å². The average molecular weight is 446 g/mol. The van der Waals surface area contributed by atoms with Crippen LogP contribution in [0, 0.1) is 17.9 Å². The Morgan fingerprint density at radius 1 is 1.10 bits per heavy atom. The molecular weight excluding hydrogens is 431 g/mol. The standard InChI is InChI=1S/C22H15F3NO2.Cu/c1-28-21(27)15-20(22(23,24)25)26-14-13-17-9-5-6-10-18(17)19(26)12-11-16-7-3-2-4-8-16;/h2-10,13-14,19H,1H3;/q-1;+1. The van der Waals surface area contributed by atoms with Gasteiger partial charge in [-0.25, -0.2) is 0 Å². The maximum absolute atomic E-state index is 13.7. The number of benzene rings is 2. The van der Waals surface area contributed by atoms with Gasteiger partial charge in [0, 0.05) is 11.8 Å². The van der Waals surface area contributed by atoms with Crippen LogP contribution in [0.1, 0.15) is 22.7 Å². The van der Waals surface area contributed by atoms with Crippen LogP contribution >= 0.6 is 0 Å². The monoisotopic (exact) mass is 445 g/mol. The second-order valence-corrected chi connectivity index (χ2v) is 5.85. The number of halogens is 3. The zero-order valence-corrected chi connectivity index (χ0v) is 16.1. The van der Waals surface area contributed by atoms with Gasteiger partial charge < -0.3 is 15.7 Å². The molecule has 7 heteroatoms. The number of carbonyl (C=O) groups excluding carboxylic acids is 1. The third-order valence-electron chi connectivity index (χ3n) is 4.04. The molecule has 1 unspecified atom stereocenters. The number of allylic oxidation sites excluding steroid dienone is 1. The van der Waals surface area contributed by atoms with Gasteiger partial charge in [-0.05, 0) is 29.3 Å². The molecule has 0 spiro atoms. The molecular formula is C22H15CuF3NO2. The van der Waals surface area contributed by atoms with E-state index in [0.717, 1.165) is 17.6 Å². The third-order valence-corrected chi connectivity index (χ3v) is 4.04. The van der Waals surface area contributed by atoms with Gasteiger partial charge in [-0.2, -0.15) is 13.2 Å². The number of hydrogen-bond acceptors (Lipinski definition) is 3. The molecule has 2 aromatic rings. The van der Waals surface area contributed by atoms with E-state index in [-0.39, 0.29) is 17.1 Å². The summed E-state index contributed by atoms with van der Waals surface area (Å²) in [6.45, 7) is 0. The molecule has 1 aliphatic heterocycles. The molecule has 0 bridgehead atoms. The van der Waals surface area contributed by atoms with Crippen molar-refractivity contribution in [2.75, 3.05) is 7.11 Å². The minimum absolute atomic E-state index is 0. The van der Waals surface area contributed by atoms with Gasteiger partial charge in [0.05, 0.1) is 7.11 Å². The average Bonchev–Trinajstić information content (AvgIpc) is 2.70. The summed E-state index contributed by atoms with van der Waals surface area (Å²) in [4.78, 5) is 12.4. The number of nitrogens with zero attached hydrogens (tertiary/aromatic N) is 1. The van der Waals surface area contributed by atoms with E-state index < -0.39 is 23.9 Å². The van der Waals surface area contributed by atoms with E-state index in [9.17, 15) is 18.0 Å². The molecule has 0 fully saturated rings. The topological polar surface area (TPSA) is 29.5 Å². The summed E-state index contributed by atoms with van der Waals surface area (Å²) in [5.41, 5.74) is 0.758. The molecule has 0 saturated heterocycles. The quantitative estimate of drug-likeness (QED) is 0.224. The Morgan fingerprint density at radius 2 is 1.76 bits per heavy atom. The van der Waals surface area contributed by atoms with Gasteiger partial charge in [0.2, 0.25) is 0 Å². The largest absolute Gasteiger partial charge is 1.00 e. The Kier molecular flexibility index (Phi) is 7.33. The molecule has 2 aromatic carbocycles. The van der Waals surface area contributed by atoms with Gasteiger partial charge in [0.1, 0.15) is 12.0 Å². The Morgan fingerprint density at radius 3 is 2.41 bits per heavy atom. The van der Waals surface area contributed by atoms with Crippen molar-refractivity contribution in [3.05, 3.63) is 89.3 Å². The van der Waals surface area contributed by atoms with Crippen LogP contribution in [0.5, 0.6) is 0 Å². The normalized spacial score (nSPS) is 15.5. The maximum Gasteiger partial charge on any atom is 1.00 e. The number of fused-ring (bicyclic) bond motifs is 1. The number of rotatable bonds is 2. The van der Waals surface area contributed by atoms with Crippen LogP contribution in [-0.2, 0) is 26.6 Å². The Balaban J connectivity index is 0.00000300. The number of esters is 1. The molecule has 0 N–H and O–H groups in total. The summed E-state index contributed by atoms with van der Waals surface area (Å²) in [6, 6.07) is 15.0. The van der Waals surface area contributed by atoms with Crippen LogP contribution in [-0.4, -0.2) is 24.2 Å². The summed E-state index contributed by atoms with van der Waals surface area (Å²) in [6.07, 6.45) is -0.251. The van der Waals surface area contributed by atoms with Crippen LogP contribution in [0.4, 0.5) is 13.2 Å². The third kappa shape index (κ3) is 5.32. The van der Waals surface area contributed by atoms with Crippen LogP contribution < -0.4 is 0 Å². The van der Waals surface area contributed by atoms with Crippen molar-refractivity contribution in [2.24, 2.45) is 0 Å². The Bertz CT molecular complexity index is 988. The number of hydrogen-bond donors (Lipinski definition) is 0. The van der Waals surface area contributed by atoms with Crippen molar-refractivity contribution in [3.63, 3.8) is 0 Å². The molecule has 1 atom stereocenters. The van der Waals surface area contributed by atoms with Gasteiger partial charge in [-0.1, -0.05) is 60.0 Å². The Hall–Kier alpha value is -2.94. The second-order valence-electron chi connectivity index (χ2n) is 5.85. The SMILES string of the molecule is COC(=O)[C-]=C(N1C=Cc2ccccc2C1C#Cc1ccccc1)C(F)(F)F.[Cu+]. The predicted octanol–water partition coefficient (Wildman–Crippen LogP) is 4.49. The summed E-state index contributed by atoms with van der Waals surface area (Å²) in [5, 5.41) is 0. The van der Waals surface area contributed by atoms with E-state index in [1.807, 2.05) is 6.07 Å². The Labute approximate surface area is 177 Å². The number of methoxy groups -OCH3 is 1. The van der Waals surface area contributed by atoms with E-state index >= 15 is 0 Å². The molecule has 0 radical (unpaired) electrons. The van der Waals surface area contributed by atoms with Crippen molar-refractivity contribution < 1.29 is 39.8 Å². The first-order valence-corrected chi connectivity index (χ1v) is 8.31. The summed E-state index contributed by atoms with van der Waals surface area (Å²) < 4.78 is 45.4. The molecule has 0 aliphatic carbocycles. The van der Waals surface area contributed by atoms with Crippen molar-refractivity contribution >= 4 is 12.0 Å². The minimum atomic E-state index is -4.82. The van der Waals surface area contributed by atoms with E-state index in [0.29, 0.717) is 11.1 Å². The molecule has 0 amide bonds. The van der Waals surface area contributed by atoms with Crippen molar-refractivity contribution in [3.8, 4) is 11.8 Å². The molecule has 1 heterocycles. The van der Waals surface area contributed by atoms with Crippen LogP contribution in [0.3, 0.4) is 0 Å². The summed E-state index contributed by atoms with van der Waals surface area (Å²) >= 11 is 0. The molecule has 3 nitrogen and oxygen atoms in total. The molecule has 1 aliphatic rings. The fourth-order valence-corrected chi connectivity index (χ4v) is 2.76. The van der Waals surface area contributed by atoms with E-state index in [1.165, 1.54) is 6.20 Å². The zero-order chi connectivity index (χ0) is 20.1. The first kappa shape index (κ1) is 22.3. The van der Waals surface area contributed by atoms with Crippen molar-refractivity contribution in [2.45, 2.75) is 12.2 Å². The molecule has 0 aromatic heterocycles. The van der Waals surface area contributed by atoms with Gasteiger partial charge in [0.25, 0.3) is 0 Å². The fourth-order valence-electron chi connectivity index (χ4n) is 2.76. The van der Waals surface area contributed by atoms with E-state index in [4.69, 9.17) is 0 Å². The maximum atomic E-state index is 13.7. The van der Waals surface area contributed by atoms with Crippen LogP contribution in [0.15, 0.2) is 66.5 Å². The second kappa shape index (κ2) is 9.51. The van der Waals surface area contributed by atoms with Crippen molar-refractivity contribution in [1.82, 2.24) is 4.90 Å². The van der Waals surface area contributed by atoms with Gasteiger partial charge in [0.15, 0.2) is 0 Å². The van der Waals surface area contributed by atoms with Gasteiger partial charge in [-0.15, -0.1) is 0 Å². The number of carbonyl (C=O) groups is 1.